The number of nitrogens with one attached hydrogen (secondary N) is 1. The van der Waals surface area contributed by atoms with E-state index in [1.165, 1.54) is 60.7 Å². The molecule has 1 N–H and O–H groups in total. The van der Waals surface area contributed by atoms with Gasteiger partial charge in [-0.15, -0.1) is 0 Å². The normalized spacial score (nSPS) is 21.0. The molecule has 0 atom stereocenters. The first-order chi connectivity index (χ1) is 13.4. The molecule has 1 amide bonds. The highest BCUT2D eigenvalue weighted by Crippen LogP contribution is 2.23. The molecule has 3 rings (SSSR count). The number of hydrogen-bond donors (Lipinski definition) is 1. The lowest BCUT2D eigenvalue weighted by Gasteiger charge is -2.32. The fraction of sp³-hybridized carbons (Fsp3) is 0.667. The van der Waals surface area contributed by atoms with Crippen molar-refractivity contribution in [1.29, 1.82) is 0 Å². The van der Waals surface area contributed by atoms with Crippen LogP contribution in [-0.4, -0.2) is 37.8 Å². The van der Waals surface area contributed by atoms with E-state index in [1.54, 1.807) is 0 Å². The second-order valence-corrected chi connectivity index (χ2v) is 10.1. The molecule has 2 aliphatic rings. The monoisotopic (exact) mass is 410 g/mol. The van der Waals surface area contributed by atoms with Crippen LogP contribution in [0.15, 0.2) is 24.3 Å². The summed E-state index contributed by atoms with van der Waals surface area (Å²) in [5, 5.41) is 3.21. The van der Waals surface area contributed by atoms with Crippen molar-refractivity contribution in [3.05, 3.63) is 35.6 Å². The largest absolute Gasteiger partial charge is 0.353 e. The number of nitrogens with zero attached hydrogens (tertiary/aromatic N) is 1. The lowest BCUT2D eigenvalue weighted by Crippen LogP contribution is -2.45. The summed E-state index contributed by atoms with van der Waals surface area (Å²) in [6.07, 6.45) is 9.35. The number of piperidine rings is 1. The highest BCUT2D eigenvalue weighted by atomic mass is 32.2. The first kappa shape index (κ1) is 21.2. The molecule has 1 saturated carbocycles. The first-order valence-corrected chi connectivity index (χ1v) is 12.1. The highest BCUT2D eigenvalue weighted by Gasteiger charge is 2.31. The molecule has 0 aromatic heterocycles. The van der Waals surface area contributed by atoms with E-state index >= 15 is 0 Å². The van der Waals surface area contributed by atoms with E-state index in [-0.39, 0.29) is 29.4 Å². The Labute approximate surface area is 167 Å². The molecule has 0 spiro atoms. The van der Waals surface area contributed by atoms with Gasteiger partial charge in [0.05, 0.1) is 5.75 Å². The van der Waals surface area contributed by atoms with Crippen molar-refractivity contribution in [2.75, 3.05) is 13.1 Å². The van der Waals surface area contributed by atoms with Gasteiger partial charge in [-0.3, -0.25) is 4.79 Å². The van der Waals surface area contributed by atoms with Crippen LogP contribution in [0.5, 0.6) is 0 Å². The summed E-state index contributed by atoms with van der Waals surface area (Å²) >= 11 is 0. The molecule has 1 aromatic rings. The summed E-state index contributed by atoms with van der Waals surface area (Å²) in [7, 11) is -3.46. The molecule has 2 fully saturated rings. The minimum atomic E-state index is -3.46. The quantitative estimate of drug-likeness (QED) is 0.807. The molecule has 7 heteroatoms. The summed E-state index contributed by atoms with van der Waals surface area (Å²) in [5.41, 5.74) is 0.575. The Morgan fingerprint density at radius 1 is 0.964 bits per heavy atom. The van der Waals surface area contributed by atoms with Gasteiger partial charge in [-0.1, -0.05) is 44.2 Å². The molecular weight excluding hydrogens is 379 g/mol. The fourth-order valence-electron chi connectivity index (χ4n) is 4.20. The topological polar surface area (TPSA) is 66.5 Å². The summed E-state index contributed by atoms with van der Waals surface area (Å²) in [6, 6.07) is 5.82. The number of halogens is 1. The fourth-order valence-corrected chi connectivity index (χ4v) is 5.76. The molecule has 5 nitrogen and oxygen atoms in total. The van der Waals surface area contributed by atoms with E-state index < -0.39 is 10.0 Å². The first-order valence-electron chi connectivity index (χ1n) is 10.5. The van der Waals surface area contributed by atoms with Gasteiger partial charge < -0.3 is 5.32 Å². The van der Waals surface area contributed by atoms with Gasteiger partial charge in [0.15, 0.2) is 0 Å². The van der Waals surface area contributed by atoms with E-state index in [1.807, 2.05) is 0 Å². The lowest BCUT2D eigenvalue weighted by molar-refractivity contribution is -0.127. The third kappa shape index (κ3) is 6.01. The Balaban J connectivity index is 1.48. The molecule has 0 bridgehead atoms. The lowest BCUT2D eigenvalue weighted by atomic mass is 9.94. The van der Waals surface area contributed by atoms with Gasteiger partial charge in [-0.25, -0.2) is 17.1 Å². The number of hydrogen-bond acceptors (Lipinski definition) is 3. The van der Waals surface area contributed by atoms with Crippen LogP contribution in [0, 0.1) is 11.7 Å². The van der Waals surface area contributed by atoms with Crippen molar-refractivity contribution in [3.63, 3.8) is 0 Å². The van der Waals surface area contributed by atoms with Gasteiger partial charge in [-0.05, 0) is 43.4 Å². The van der Waals surface area contributed by atoms with E-state index in [2.05, 4.69) is 5.32 Å². The molecular formula is C21H31FN2O3S. The van der Waals surface area contributed by atoms with Crippen LogP contribution in [0.4, 0.5) is 4.39 Å². The Kier molecular flexibility index (Phi) is 7.46. The van der Waals surface area contributed by atoms with E-state index in [4.69, 9.17) is 0 Å². The second kappa shape index (κ2) is 9.83. The van der Waals surface area contributed by atoms with Crippen LogP contribution in [0.3, 0.4) is 0 Å². The number of sulfonamides is 1. The van der Waals surface area contributed by atoms with Crippen LogP contribution in [0.25, 0.3) is 0 Å². The zero-order chi connectivity index (χ0) is 20.0. The van der Waals surface area contributed by atoms with Gasteiger partial charge in [0.25, 0.3) is 0 Å². The zero-order valence-corrected chi connectivity index (χ0v) is 17.2. The van der Waals surface area contributed by atoms with Gasteiger partial charge in [0.2, 0.25) is 15.9 Å². The standard InChI is InChI=1S/C21H31FN2O3S/c22-19-10-8-17(9-11-19)16-28(26,27)24-14-12-18(13-15-24)21(25)23-20-6-4-2-1-3-5-7-20/h8-11,18,20H,1-7,12-16H2,(H,23,25). The highest BCUT2D eigenvalue weighted by molar-refractivity contribution is 7.88. The van der Waals surface area contributed by atoms with Gasteiger partial charge in [-0.2, -0.15) is 0 Å². The predicted octanol–water partition coefficient (Wildman–Crippen LogP) is 3.60. The number of carbonyl (C=O) groups is 1. The van der Waals surface area contributed by atoms with E-state index in [9.17, 15) is 17.6 Å². The molecule has 0 unspecified atom stereocenters. The number of rotatable bonds is 5. The van der Waals surface area contributed by atoms with Gasteiger partial charge >= 0.3 is 0 Å². The molecule has 1 heterocycles. The van der Waals surface area contributed by atoms with Crippen LogP contribution in [-0.2, 0) is 20.6 Å². The molecule has 156 valence electrons. The Morgan fingerprint density at radius 3 is 2.14 bits per heavy atom. The maximum absolute atomic E-state index is 13.0. The zero-order valence-electron chi connectivity index (χ0n) is 16.4. The number of carbonyl (C=O) groups excluding carboxylic acids is 1. The van der Waals surface area contributed by atoms with Crippen molar-refractivity contribution >= 4 is 15.9 Å². The maximum atomic E-state index is 13.0. The van der Waals surface area contributed by atoms with Crippen LogP contribution >= 0.6 is 0 Å². The van der Waals surface area contributed by atoms with Crippen LogP contribution in [0.1, 0.15) is 63.4 Å². The van der Waals surface area contributed by atoms with E-state index in [0.717, 1.165) is 12.8 Å². The van der Waals surface area contributed by atoms with Gasteiger partial charge in [0, 0.05) is 25.0 Å². The molecule has 1 aromatic carbocycles. The van der Waals surface area contributed by atoms with Crippen molar-refractivity contribution < 1.29 is 17.6 Å². The third-order valence-electron chi connectivity index (χ3n) is 5.93. The average Bonchev–Trinajstić information content (AvgIpc) is 2.65. The van der Waals surface area contributed by atoms with Crippen molar-refractivity contribution in [3.8, 4) is 0 Å². The maximum Gasteiger partial charge on any atom is 0.223 e. The summed E-state index contributed by atoms with van der Waals surface area (Å²) < 4.78 is 39.7. The minimum Gasteiger partial charge on any atom is -0.353 e. The summed E-state index contributed by atoms with van der Waals surface area (Å²) in [6.45, 7) is 0.735. The van der Waals surface area contributed by atoms with Crippen molar-refractivity contribution in [1.82, 2.24) is 9.62 Å². The van der Waals surface area contributed by atoms with E-state index in [0.29, 0.717) is 31.5 Å². The smallest absolute Gasteiger partial charge is 0.223 e. The predicted molar refractivity (Wildman–Crippen MR) is 108 cm³/mol. The summed E-state index contributed by atoms with van der Waals surface area (Å²) in [4.78, 5) is 12.6. The second-order valence-electron chi connectivity index (χ2n) is 8.11. The molecule has 1 saturated heterocycles. The van der Waals surface area contributed by atoms with Gasteiger partial charge in [0.1, 0.15) is 5.82 Å². The molecule has 1 aliphatic heterocycles. The van der Waals surface area contributed by atoms with Crippen molar-refractivity contribution in [2.45, 2.75) is 69.6 Å². The number of benzene rings is 1. The average molecular weight is 411 g/mol. The molecule has 0 radical (unpaired) electrons. The van der Waals surface area contributed by atoms with Crippen LogP contribution in [0.2, 0.25) is 0 Å². The Bertz CT molecular complexity index is 735. The minimum absolute atomic E-state index is 0.0844. The van der Waals surface area contributed by atoms with Crippen molar-refractivity contribution in [2.24, 2.45) is 5.92 Å². The SMILES string of the molecule is O=C(NC1CCCCCCC1)C1CCN(S(=O)(=O)Cc2ccc(F)cc2)CC1. The number of amides is 1. The summed E-state index contributed by atoms with van der Waals surface area (Å²) in [5.74, 6) is -0.534. The van der Waals surface area contributed by atoms with Crippen LogP contribution < -0.4 is 5.32 Å². The molecule has 1 aliphatic carbocycles. The molecule has 28 heavy (non-hydrogen) atoms. The third-order valence-corrected chi connectivity index (χ3v) is 7.78. The Hall–Kier alpha value is -1.47. The Morgan fingerprint density at radius 2 is 1.54 bits per heavy atom.